The van der Waals surface area contributed by atoms with Gasteiger partial charge in [-0.05, 0) is 32.8 Å². The van der Waals surface area contributed by atoms with E-state index in [1.54, 1.807) is 12.1 Å². The molecule has 0 saturated heterocycles. The number of fused-ring (bicyclic) bond motifs is 1. The van der Waals surface area contributed by atoms with E-state index < -0.39 is 11.6 Å². The largest absolute Gasteiger partial charge is 0.507 e. The summed E-state index contributed by atoms with van der Waals surface area (Å²) in [6.07, 6.45) is 3.13. The molecule has 3 rings (SSSR count). The molecule has 0 spiro atoms. The third kappa shape index (κ3) is 4.34. The van der Waals surface area contributed by atoms with Gasteiger partial charge in [0, 0.05) is 34.5 Å². The van der Waals surface area contributed by atoms with Gasteiger partial charge in [-0.1, -0.05) is 54.1 Å². The molecule has 0 aromatic heterocycles. The van der Waals surface area contributed by atoms with Crippen LogP contribution in [-0.4, -0.2) is 22.2 Å². The first kappa shape index (κ1) is 18.6. The number of carbonyl (C=O) groups is 2. The number of benzene rings is 2. The van der Waals surface area contributed by atoms with Crippen LogP contribution in [0.25, 0.3) is 11.5 Å². The SMILES string of the molecule is Cc1ccc(/C(O)=C/C(=O)C(=O)/C=C2\NC(C)(C)Cc3ccccc32)cc1. The first-order chi connectivity index (χ1) is 12.7. The summed E-state index contributed by atoms with van der Waals surface area (Å²) >= 11 is 0. The third-order valence-corrected chi connectivity index (χ3v) is 4.55. The Morgan fingerprint density at radius 2 is 1.70 bits per heavy atom. The van der Waals surface area contributed by atoms with E-state index in [-0.39, 0.29) is 11.3 Å². The van der Waals surface area contributed by atoms with Gasteiger partial charge in [-0.2, -0.15) is 0 Å². The summed E-state index contributed by atoms with van der Waals surface area (Å²) in [4.78, 5) is 24.7. The van der Waals surface area contributed by atoms with Gasteiger partial charge in [0.1, 0.15) is 5.76 Å². The second-order valence-corrected chi connectivity index (χ2v) is 7.52. The van der Waals surface area contributed by atoms with Crippen molar-refractivity contribution in [3.8, 4) is 0 Å². The van der Waals surface area contributed by atoms with Gasteiger partial charge >= 0.3 is 0 Å². The van der Waals surface area contributed by atoms with Crippen LogP contribution in [0.1, 0.15) is 36.1 Å². The van der Waals surface area contributed by atoms with Gasteiger partial charge in [0.2, 0.25) is 11.6 Å². The number of nitrogens with one attached hydrogen (secondary N) is 1. The summed E-state index contributed by atoms with van der Waals surface area (Å²) in [6.45, 7) is 6.03. The number of rotatable bonds is 4. The fraction of sp³-hybridized carbons (Fsp3) is 0.217. The highest BCUT2D eigenvalue weighted by atomic mass is 16.3. The Morgan fingerprint density at radius 1 is 1.04 bits per heavy atom. The summed E-state index contributed by atoms with van der Waals surface area (Å²) in [6, 6.07) is 14.9. The maximum absolute atomic E-state index is 12.4. The molecule has 0 amide bonds. The van der Waals surface area contributed by atoms with E-state index in [0.29, 0.717) is 11.3 Å². The van der Waals surface area contributed by atoms with Crippen molar-refractivity contribution in [3.63, 3.8) is 0 Å². The lowest BCUT2D eigenvalue weighted by atomic mass is 9.85. The minimum atomic E-state index is -0.761. The second kappa shape index (κ2) is 7.23. The van der Waals surface area contributed by atoms with Crippen LogP contribution in [0, 0.1) is 6.92 Å². The number of hydrogen-bond acceptors (Lipinski definition) is 4. The Hall–Kier alpha value is -3.14. The standard InChI is InChI=1S/C23H23NO3/c1-15-8-10-16(11-9-15)20(25)13-22(27)21(26)12-19-18-7-5-4-6-17(18)14-23(2,3)24-19/h4-13,24-25H,14H2,1-3H3/b19-12-,20-13-. The Morgan fingerprint density at radius 3 is 2.41 bits per heavy atom. The van der Waals surface area contributed by atoms with Crippen LogP contribution in [0.2, 0.25) is 0 Å². The van der Waals surface area contributed by atoms with Gasteiger partial charge in [0.05, 0.1) is 0 Å². The van der Waals surface area contributed by atoms with E-state index in [4.69, 9.17) is 0 Å². The molecular weight excluding hydrogens is 338 g/mol. The molecule has 0 radical (unpaired) electrons. The van der Waals surface area contributed by atoms with Crippen molar-refractivity contribution in [2.75, 3.05) is 0 Å². The number of ketones is 2. The Kier molecular flexibility index (Phi) is 5.00. The average Bonchev–Trinajstić information content (AvgIpc) is 2.61. The van der Waals surface area contributed by atoms with Crippen LogP contribution >= 0.6 is 0 Å². The van der Waals surface area contributed by atoms with Crippen LogP contribution < -0.4 is 5.32 Å². The molecule has 0 bridgehead atoms. The summed E-state index contributed by atoms with van der Waals surface area (Å²) < 4.78 is 0. The van der Waals surface area contributed by atoms with E-state index in [0.717, 1.165) is 29.2 Å². The number of aliphatic hydroxyl groups excluding tert-OH is 1. The van der Waals surface area contributed by atoms with Crippen molar-refractivity contribution in [2.45, 2.75) is 32.7 Å². The molecule has 2 aromatic rings. The molecule has 4 heteroatoms. The maximum atomic E-state index is 12.4. The lowest BCUT2D eigenvalue weighted by molar-refractivity contribution is -0.130. The Labute approximate surface area is 159 Å². The molecule has 4 nitrogen and oxygen atoms in total. The quantitative estimate of drug-likeness (QED) is 0.491. The monoisotopic (exact) mass is 361 g/mol. The number of aryl methyl sites for hydroxylation is 1. The van der Waals surface area contributed by atoms with Crippen molar-refractivity contribution in [1.29, 1.82) is 0 Å². The van der Waals surface area contributed by atoms with Crippen molar-refractivity contribution in [2.24, 2.45) is 0 Å². The summed E-state index contributed by atoms with van der Waals surface area (Å²) in [5.74, 6) is -1.66. The lowest BCUT2D eigenvalue weighted by Crippen LogP contribution is -2.44. The molecule has 2 aromatic carbocycles. The molecule has 1 heterocycles. The van der Waals surface area contributed by atoms with E-state index >= 15 is 0 Å². The third-order valence-electron chi connectivity index (χ3n) is 4.55. The summed E-state index contributed by atoms with van der Waals surface area (Å²) in [5, 5.41) is 13.5. The fourth-order valence-electron chi connectivity index (χ4n) is 3.21. The topological polar surface area (TPSA) is 66.4 Å². The van der Waals surface area contributed by atoms with Crippen LogP contribution in [0.5, 0.6) is 0 Å². The van der Waals surface area contributed by atoms with Crippen molar-refractivity contribution in [3.05, 3.63) is 82.9 Å². The Balaban J connectivity index is 1.86. The molecular formula is C23H23NO3. The molecule has 0 saturated carbocycles. The first-order valence-electron chi connectivity index (χ1n) is 8.89. The van der Waals surface area contributed by atoms with Crippen molar-refractivity contribution in [1.82, 2.24) is 5.32 Å². The zero-order valence-corrected chi connectivity index (χ0v) is 15.7. The van der Waals surface area contributed by atoms with E-state index in [2.05, 4.69) is 5.32 Å². The van der Waals surface area contributed by atoms with Crippen LogP contribution in [-0.2, 0) is 16.0 Å². The smallest absolute Gasteiger partial charge is 0.229 e. The van der Waals surface area contributed by atoms with Gasteiger partial charge in [-0.25, -0.2) is 0 Å². The number of allylic oxidation sites excluding steroid dienone is 2. The molecule has 1 aliphatic rings. The number of hydrogen-bond donors (Lipinski definition) is 2. The average molecular weight is 361 g/mol. The predicted molar refractivity (Wildman–Crippen MR) is 107 cm³/mol. The van der Waals surface area contributed by atoms with E-state index in [9.17, 15) is 14.7 Å². The lowest BCUT2D eigenvalue weighted by Gasteiger charge is -2.35. The second-order valence-electron chi connectivity index (χ2n) is 7.52. The summed E-state index contributed by atoms with van der Waals surface area (Å²) in [5.41, 5.74) is 4.00. The van der Waals surface area contributed by atoms with E-state index in [1.165, 1.54) is 6.08 Å². The van der Waals surface area contributed by atoms with Crippen molar-refractivity contribution >= 4 is 23.0 Å². The van der Waals surface area contributed by atoms with Gasteiger partial charge < -0.3 is 10.4 Å². The highest BCUT2D eigenvalue weighted by Crippen LogP contribution is 2.29. The molecule has 27 heavy (non-hydrogen) atoms. The van der Waals surface area contributed by atoms with Gasteiger partial charge in [-0.15, -0.1) is 0 Å². The van der Waals surface area contributed by atoms with Crippen molar-refractivity contribution < 1.29 is 14.7 Å². The molecule has 0 atom stereocenters. The highest BCUT2D eigenvalue weighted by molar-refractivity contribution is 6.47. The predicted octanol–water partition coefficient (Wildman–Crippen LogP) is 4.00. The first-order valence-corrected chi connectivity index (χ1v) is 8.89. The highest BCUT2D eigenvalue weighted by Gasteiger charge is 2.28. The normalized spacial score (nSPS) is 17.1. The van der Waals surface area contributed by atoms with Gasteiger partial charge in [0.15, 0.2) is 0 Å². The molecule has 1 aliphatic heterocycles. The maximum Gasteiger partial charge on any atom is 0.229 e. The minimum absolute atomic E-state index is 0.218. The molecule has 0 unspecified atom stereocenters. The zero-order valence-electron chi connectivity index (χ0n) is 15.7. The Bertz CT molecular complexity index is 950. The van der Waals surface area contributed by atoms with E-state index in [1.807, 2.05) is 57.2 Å². The van der Waals surface area contributed by atoms with Crippen LogP contribution in [0.3, 0.4) is 0 Å². The summed E-state index contributed by atoms with van der Waals surface area (Å²) in [7, 11) is 0. The zero-order chi connectivity index (χ0) is 19.6. The minimum Gasteiger partial charge on any atom is -0.507 e. The van der Waals surface area contributed by atoms with Crippen LogP contribution in [0.15, 0.2) is 60.7 Å². The molecule has 138 valence electrons. The molecule has 2 N–H and O–H groups in total. The number of carbonyl (C=O) groups excluding carboxylic acids is 2. The number of aliphatic hydroxyl groups is 1. The fourth-order valence-corrected chi connectivity index (χ4v) is 3.21. The molecule has 0 fully saturated rings. The van der Waals surface area contributed by atoms with Gasteiger partial charge in [0.25, 0.3) is 0 Å². The van der Waals surface area contributed by atoms with Gasteiger partial charge in [-0.3, -0.25) is 9.59 Å². The molecule has 0 aliphatic carbocycles. The van der Waals surface area contributed by atoms with Crippen LogP contribution in [0.4, 0.5) is 0 Å².